The Kier molecular flexibility index (Phi) is 14.1. The average molecular weight is 690 g/mol. The van der Waals surface area contributed by atoms with Crippen LogP contribution in [-0.2, 0) is 22.3 Å². The van der Waals surface area contributed by atoms with Crippen LogP contribution in [-0.4, -0.2) is 84.5 Å². The second-order valence-corrected chi connectivity index (χ2v) is 12.6. The molecular weight excluding hydrogens is 644 g/mol. The number of benzene rings is 2. The minimum absolute atomic E-state index is 0.0805. The summed E-state index contributed by atoms with van der Waals surface area (Å²) < 4.78 is 89.5. The number of carbonyl (C=O) groups is 2. The van der Waals surface area contributed by atoms with Crippen molar-refractivity contribution in [1.82, 2.24) is 9.80 Å². The molecule has 0 aromatic heterocycles. The van der Waals surface area contributed by atoms with Crippen LogP contribution in [0.3, 0.4) is 0 Å². The molecule has 0 bridgehead atoms. The summed E-state index contributed by atoms with van der Waals surface area (Å²) in [6.45, 7) is 6.42. The van der Waals surface area contributed by atoms with E-state index in [-0.39, 0.29) is 48.3 Å². The van der Waals surface area contributed by atoms with Gasteiger partial charge in [-0.25, -0.2) is 0 Å². The van der Waals surface area contributed by atoms with Gasteiger partial charge >= 0.3 is 12.4 Å². The summed E-state index contributed by atoms with van der Waals surface area (Å²) in [5, 5.41) is 12.5. The standard InChI is InChI=1S/C34H45F6N3O5/c1-22-18-43(23(2)21-44)32(46)28-17-27(41-31(45)14-15-33(35,36)37)12-13-29(28)48-24(3)7-5-6-16-47-30(22)20-42(4)19-25-8-10-26(11-9-25)34(38,39)40/h8-13,17,22-24,30,44H,5-7,14-16,18-21H2,1-4H3,(H,41,45)/t22-,23-,24+,30+/m1/s1. The van der Waals surface area contributed by atoms with E-state index in [1.807, 2.05) is 25.8 Å². The monoisotopic (exact) mass is 689 g/mol. The Labute approximate surface area is 277 Å². The maximum Gasteiger partial charge on any atom is 0.416 e. The largest absolute Gasteiger partial charge is 0.490 e. The molecule has 4 atom stereocenters. The van der Waals surface area contributed by atoms with Crippen molar-refractivity contribution < 1.29 is 50.5 Å². The Morgan fingerprint density at radius 2 is 1.77 bits per heavy atom. The fraction of sp³-hybridized carbons (Fsp3) is 0.588. The lowest BCUT2D eigenvalue weighted by atomic mass is 10.0. The van der Waals surface area contributed by atoms with Gasteiger partial charge in [-0.2, -0.15) is 26.3 Å². The number of hydrogen-bond acceptors (Lipinski definition) is 6. The van der Waals surface area contributed by atoms with Crippen molar-refractivity contribution in [2.45, 2.75) is 90.0 Å². The first-order valence-electron chi connectivity index (χ1n) is 16.0. The molecule has 48 heavy (non-hydrogen) atoms. The van der Waals surface area contributed by atoms with E-state index in [1.165, 1.54) is 35.2 Å². The summed E-state index contributed by atoms with van der Waals surface area (Å²) in [5.41, 5.74) is 0.174. The topological polar surface area (TPSA) is 91.3 Å². The number of carbonyl (C=O) groups excluding carboxylic acids is 2. The van der Waals surface area contributed by atoms with Crippen molar-refractivity contribution >= 4 is 17.5 Å². The zero-order valence-electron chi connectivity index (χ0n) is 27.7. The molecule has 2 N–H and O–H groups in total. The van der Waals surface area contributed by atoms with Gasteiger partial charge in [0.2, 0.25) is 5.91 Å². The number of ether oxygens (including phenoxy) is 2. The minimum atomic E-state index is -4.49. The van der Waals surface area contributed by atoms with E-state index in [0.717, 1.165) is 25.0 Å². The lowest BCUT2D eigenvalue weighted by Crippen LogP contribution is -2.47. The Hall–Kier alpha value is -3.36. The van der Waals surface area contributed by atoms with Gasteiger partial charge in [-0.05, 0) is 76.1 Å². The normalized spacial score (nSPS) is 20.9. The summed E-state index contributed by atoms with van der Waals surface area (Å²) in [6.07, 6.45) is -9.55. The molecule has 0 saturated carbocycles. The van der Waals surface area contributed by atoms with E-state index >= 15 is 0 Å². The van der Waals surface area contributed by atoms with Crippen molar-refractivity contribution in [2.24, 2.45) is 5.92 Å². The van der Waals surface area contributed by atoms with Crippen LogP contribution in [0, 0.1) is 5.92 Å². The molecule has 1 aliphatic heterocycles. The molecule has 1 aliphatic rings. The van der Waals surface area contributed by atoms with Crippen LogP contribution in [0.1, 0.15) is 74.4 Å². The summed E-state index contributed by atoms with van der Waals surface area (Å²) >= 11 is 0. The zero-order chi connectivity index (χ0) is 35.6. The van der Waals surface area contributed by atoms with Gasteiger partial charge in [0.1, 0.15) is 5.75 Å². The van der Waals surface area contributed by atoms with Gasteiger partial charge in [-0.15, -0.1) is 0 Å². The molecule has 3 rings (SSSR count). The number of anilines is 1. The maximum absolute atomic E-state index is 14.2. The molecule has 2 aromatic rings. The molecule has 1 heterocycles. The highest BCUT2D eigenvalue weighted by Crippen LogP contribution is 2.31. The number of rotatable bonds is 9. The van der Waals surface area contributed by atoms with E-state index < -0.39 is 48.6 Å². The van der Waals surface area contributed by atoms with Gasteiger partial charge in [-0.3, -0.25) is 14.5 Å². The molecule has 8 nitrogen and oxygen atoms in total. The summed E-state index contributed by atoms with van der Waals surface area (Å²) in [7, 11) is 1.83. The molecule has 0 unspecified atom stereocenters. The van der Waals surface area contributed by atoms with Crippen molar-refractivity contribution in [3.05, 3.63) is 59.2 Å². The highest BCUT2D eigenvalue weighted by molar-refractivity contribution is 5.99. The molecule has 0 fully saturated rings. The van der Waals surface area contributed by atoms with Crippen LogP contribution in [0.4, 0.5) is 32.0 Å². The Morgan fingerprint density at radius 3 is 2.40 bits per heavy atom. The Bertz CT molecular complexity index is 1340. The molecule has 2 amide bonds. The quantitative estimate of drug-likeness (QED) is 0.278. The zero-order valence-corrected chi connectivity index (χ0v) is 27.7. The highest BCUT2D eigenvalue weighted by atomic mass is 19.4. The van der Waals surface area contributed by atoms with Crippen LogP contribution in [0.15, 0.2) is 42.5 Å². The summed E-state index contributed by atoms with van der Waals surface area (Å²) in [6, 6.07) is 8.66. The summed E-state index contributed by atoms with van der Waals surface area (Å²) in [4.78, 5) is 29.8. The molecule has 268 valence electrons. The van der Waals surface area contributed by atoms with Crippen LogP contribution in [0.5, 0.6) is 5.75 Å². The third-order valence-electron chi connectivity index (χ3n) is 8.20. The third-order valence-corrected chi connectivity index (χ3v) is 8.20. The van der Waals surface area contributed by atoms with E-state index in [1.54, 1.807) is 6.92 Å². The van der Waals surface area contributed by atoms with E-state index in [9.17, 15) is 41.0 Å². The molecule has 0 saturated heterocycles. The van der Waals surface area contributed by atoms with Crippen molar-refractivity contribution in [3.63, 3.8) is 0 Å². The van der Waals surface area contributed by atoms with Crippen molar-refractivity contribution in [2.75, 3.05) is 38.7 Å². The second-order valence-electron chi connectivity index (χ2n) is 12.6. The molecular formula is C34H45F6N3O5. The molecule has 14 heteroatoms. The highest BCUT2D eigenvalue weighted by Gasteiger charge is 2.32. The van der Waals surface area contributed by atoms with Crippen LogP contribution in [0.2, 0.25) is 0 Å². The first-order valence-corrected chi connectivity index (χ1v) is 16.0. The number of nitrogens with zero attached hydrogens (tertiary/aromatic N) is 2. The number of halogens is 6. The van der Waals surface area contributed by atoms with Gasteiger partial charge < -0.3 is 24.8 Å². The van der Waals surface area contributed by atoms with Crippen molar-refractivity contribution in [1.29, 1.82) is 0 Å². The number of aliphatic hydroxyl groups excluding tert-OH is 1. The van der Waals surface area contributed by atoms with Crippen molar-refractivity contribution in [3.8, 4) is 5.75 Å². The fourth-order valence-corrected chi connectivity index (χ4v) is 5.42. The number of amides is 2. The molecule has 2 aromatic carbocycles. The van der Waals surface area contributed by atoms with E-state index in [0.29, 0.717) is 31.7 Å². The van der Waals surface area contributed by atoms with E-state index in [4.69, 9.17) is 9.47 Å². The van der Waals surface area contributed by atoms with Crippen LogP contribution < -0.4 is 10.1 Å². The predicted molar refractivity (Wildman–Crippen MR) is 169 cm³/mol. The fourth-order valence-electron chi connectivity index (χ4n) is 5.42. The number of likely N-dealkylation sites (N-methyl/N-ethyl adjacent to an activating group) is 1. The van der Waals surface area contributed by atoms with E-state index in [2.05, 4.69) is 5.32 Å². The Morgan fingerprint density at radius 1 is 1.08 bits per heavy atom. The van der Waals surface area contributed by atoms with Gasteiger partial charge in [-0.1, -0.05) is 19.1 Å². The molecule has 0 radical (unpaired) electrons. The summed E-state index contributed by atoms with van der Waals surface area (Å²) in [5.74, 6) is -1.39. The number of hydrogen-bond donors (Lipinski definition) is 2. The van der Waals surface area contributed by atoms with Gasteiger partial charge in [0.25, 0.3) is 5.91 Å². The van der Waals surface area contributed by atoms with Gasteiger partial charge in [0.15, 0.2) is 0 Å². The average Bonchev–Trinajstić information content (AvgIpc) is 3.01. The van der Waals surface area contributed by atoms with Gasteiger partial charge in [0, 0.05) is 44.3 Å². The molecule has 0 spiro atoms. The lowest BCUT2D eigenvalue weighted by molar-refractivity contribution is -0.142. The number of aliphatic hydroxyl groups is 1. The predicted octanol–water partition coefficient (Wildman–Crippen LogP) is 6.91. The van der Waals surface area contributed by atoms with Crippen LogP contribution in [0.25, 0.3) is 0 Å². The number of fused-ring (bicyclic) bond motifs is 1. The first kappa shape index (κ1) is 39.1. The first-order chi connectivity index (χ1) is 22.5. The Balaban J connectivity index is 1.86. The SMILES string of the molecule is C[C@@H]1CN([C@H](C)CO)C(=O)c2cc(NC(=O)CCC(F)(F)F)ccc2O[C@@H](C)CCCCO[C@H]1CN(C)Cc1ccc(C(F)(F)F)cc1. The number of alkyl halides is 6. The third kappa shape index (κ3) is 12.3. The van der Waals surface area contributed by atoms with Gasteiger partial charge in [0.05, 0.1) is 42.4 Å². The maximum atomic E-state index is 14.2. The van der Waals surface area contributed by atoms with Crippen LogP contribution >= 0.6 is 0 Å². The minimum Gasteiger partial charge on any atom is -0.490 e. The molecule has 0 aliphatic carbocycles. The second kappa shape index (κ2) is 17.3. The lowest BCUT2D eigenvalue weighted by Gasteiger charge is -2.36. The smallest absolute Gasteiger partial charge is 0.416 e. The number of nitrogens with one attached hydrogen (secondary N) is 1.